The van der Waals surface area contributed by atoms with Crippen molar-refractivity contribution in [3.05, 3.63) is 59.7 Å². The van der Waals surface area contributed by atoms with Gasteiger partial charge < -0.3 is 83.1 Å². The van der Waals surface area contributed by atoms with E-state index in [-0.39, 0.29) is 76.1 Å². The molecule has 24 atom stereocenters. The van der Waals surface area contributed by atoms with Crippen LogP contribution < -0.4 is 0 Å². The molecule has 480 valence electrons. The lowest BCUT2D eigenvalue weighted by Crippen LogP contribution is -2.65. The second-order valence-electron chi connectivity index (χ2n) is 25.9. The first kappa shape index (κ1) is 69.2. The van der Waals surface area contributed by atoms with Crippen LogP contribution in [-0.2, 0) is 66.5 Å². The molecule has 2 spiro atoms. The van der Waals surface area contributed by atoms with E-state index in [1.54, 1.807) is 47.8 Å². The second-order valence-corrected chi connectivity index (χ2v) is 27.0. The highest BCUT2D eigenvalue weighted by atomic mass is 79.9. The number of aliphatic hydroxyl groups excluding tert-OH is 5. The van der Waals surface area contributed by atoms with E-state index in [0.717, 1.165) is 0 Å². The molecule has 6 saturated heterocycles. The zero-order valence-corrected chi connectivity index (χ0v) is 52.3. The lowest BCUT2D eigenvalue weighted by molar-refractivity contribution is -0.351. The van der Waals surface area contributed by atoms with E-state index in [0.29, 0.717) is 47.7 Å². The molecule has 0 saturated carbocycles. The maximum Gasteiger partial charge on any atom is 0.308 e. The fourth-order valence-corrected chi connectivity index (χ4v) is 14.3. The number of fused-ring (bicyclic) bond motifs is 8. The summed E-state index contributed by atoms with van der Waals surface area (Å²) in [6.45, 7) is 23.3. The molecule has 7 N–H and O–H groups in total. The minimum atomic E-state index is -2.40. The summed E-state index contributed by atoms with van der Waals surface area (Å²) in [5, 5.41) is 82.5. The van der Waals surface area contributed by atoms with Crippen molar-refractivity contribution in [2.45, 2.75) is 278 Å². The van der Waals surface area contributed by atoms with Gasteiger partial charge in [-0.25, -0.2) is 0 Å². The van der Waals surface area contributed by atoms with Gasteiger partial charge in [-0.1, -0.05) is 98.8 Å². The summed E-state index contributed by atoms with van der Waals surface area (Å²) in [6, 6.07) is 0. The molecular formula is C63H95BrO21. The number of ketones is 1. The van der Waals surface area contributed by atoms with Crippen molar-refractivity contribution in [2.24, 2.45) is 23.7 Å². The first-order valence-corrected chi connectivity index (χ1v) is 31.1. The van der Waals surface area contributed by atoms with E-state index in [1.807, 2.05) is 12.2 Å². The highest BCUT2D eigenvalue weighted by Gasteiger charge is 2.58. The third-order valence-corrected chi connectivity index (χ3v) is 18.6. The predicted molar refractivity (Wildman–Crippen MR) is 311 cm³/mol. The smallest absolute Gasteiger partial charge is 0.308 e. The van der Waals surface area contributed by atoms with Gasteiger partial charge in [0, 0.05) is 107 Å². The lowest BCUT2D eigenvalue weighted by Gasteiger charge is -2.52. The van der Waals surface area contributed by atoms with Crippen LogP contribution in [0.4, 0.5) is 0 Å². The molecule has 0 radical (unpaired) electrons. The number of methoxy groups -OCH3 is 1. The molecular weight excluding hydrogens is 1170 g/mol. The van der Waals surface area contributed by atoms with E-state index in [2.05, 4.69) is 35.7 Å². The molecule has 6 fully saturated rings. The van der Waals surface area contributed by atoms with Crippen LogP contribution in [0, 0.1) is 23.7 Å². The average molecular weight is 1270 g/mol. The number of ether oxygens (including phenoxy) is 10. The zero-order chi connectivity index (χ0) is 62.5. The summed E-state index contributed by atoms with van der Waals surface area (Å²) in [6.07, 6.45) is -8.17. The van der Waals surface area contributed by atoms with Crippen molar-refractivity contribution in [2.75, 3.05) is 7.11 Å². The molecule has 22 heteroatoms. The fraction of sp³-hybridized carbons (Fsp3) is 0.778. The normalized spacial score (nSPS) is 44.5. The van der Waals surface area contributed by atoms with Crippen LogP contribution in [0.3, 0.4) is 0 Å². The molecule has 85 heavy (non-hydrogen) atoms. The molecule has 7 rings (SSSR count). The molecule has 0 aromatic carbocycles. The Morgan fingerprint density at radius 1 is 0.812 bits per heavy atom. The number of hydrogen-bond acceptors (Lipinski definition) is 21. The first-order chi connectivity index (χ1) is 39.8. The average Bonchev–Trinajstić information content (AvgIpc) is 1.35. The lowest BCUT2D eigenvalue weighted by atomic mass is 9.78. The zero-order valence-electron chi connectivity index (χ0n) is 50.7. The van der Waals surface area contributed by atoms with Crippen LogP contribution in [0.2, 0.25) is 0 Å². The van der Waals surface area contributed by atoms with Gasteiger partial charge in [0.2, 0.25) is 0 Å². The third-order valence-electron chi connectivity index (χ3n) is 18.3. The van der Waals surface area contributed by atoms with Gasteiger partial charge in [0.25, 0.3) is 0 Å². The van der Waals surface area contributed by atoms with Gasteiger partial charge in [-0.2, -0.15) is 0 Å². The van der Waals surface area contributed by atoms with E-state index in [9.17, 15) is 54.9 Å². The monoisotopic (exact) mass is 1270 g/mol. The first-order valence-electron chi connectivity index (χ1n) is 30.3. The van der Waals surface area contributed by atoms with Crippen LogP contribution in [0.1, 0.15) is 158 Å². The number of hydrogen-bond donors (Lipinski definition) is 7. The van der Waals surface area contributed by atoms with Gasteiger partial charge in [-0.3, -0.25) is 19.2 Å². The van der Waals surface area contributed by atoms with Crippen LogP contribution in [0.15, 0.2) is 59.7 Å². The standard InChI is InChI=1S/C63H95BrO21/c1-33(19-42(67)18-17-35(3)64)20-53-55(72)57-39(7)58(79-53)59(73)63(75)31-51(70)37(5)52(85-63)16-14-12-13-15-44-22-43(68)27-61(81-44)29-47(76-11)23-45(82-61)25-50(69)38(6)56(78-41(9)66)36(4)34(2)21-49-28-60(10,74)32-62(84-49)30-48(77-40(8)65)24-46(83-62)26-54(71)80-57/h13,15,17-18,36-39,42-49,51-53,55-59,67-68,70,72-75H,1-3,12,14,16,19-32H2,4-11H3/b15-13-,18-17+/t36-,37+,38-,39+,42-,43+,44+,45-,46-,47-,48+,49+,51-,52+,53+,55+,56-,57+,58-,59+,60+,61+,62-,63+/m0/s1. The molecule has 0 aromatic rings. The summed E-state index contributed by atoms with van der Waals surface area (Å²) in [5.41, 5.74) is -0.473. The highest BCUT2D eigenvalue weighted by molar-refractivity contribution is 9.11. The number of allylic oxidation sites excluding steroid dienone is 3. The quantitative estimate of drug-likeness (QED) is 0.0597. The van der Waals surface area contributed by atoms with Crippen LogP contribution in [0.5, 0.6) is 0 Å². The molecule has 0 amide bonds. The Kier molecular flexibility index (Phi) is 23.7. The molecule has 0 unspecified atom stereocenters. The van der Waals surface area contributed by atoms with Gasteiger partial charge >= 0.3 is 17.9 Å². The Morgan fingerprint density at radius 2 is 1.47 bits per heavy atom. The summed E-state index contributed by atoms with van der Waals surface area (Å²) >= 11 is 3.24. The molecule has 10 bridgehead atoms. The Bertz CT molecular complexity index is 2430. The van der Waals surface area contributed by atoms with Crippen molar-refractivity contribution in [3.63, 3.8) is 0 Å². The van der Waals surface area contributed by atoms with E-state index >= 15 is 0 Å². The summed E-state index contributed by atoms with van der Waals surface area (Å²) < 4.78 is 64.0. The van der Waals surface area contributed by atoms with Crippen molar-refractivity contribution in [1.82, 2.24) is 0 Å². The van der Waals surface area contributed by atoms with Crippen LogP contribution >= 0.6 is 15.9 Å². The third kappa shape index (κ3) is 18.2. The fourth-order valence-electron chi connectivity index (χ4n) is 14.1. The summed E-state index contributed by atoms with van der Waals surface area (Å²) in [5.74, 6) is -10.7. The van der Waals surface area contributed by atoms with Crippen molar-refractivity contribution in [3.8, 4) is 0 Å². The van der Waals surface area contributed by atoms with Gasteiger partial charge in [0.15, 0.2) is 17.4 Å². The van der Waals surface area contributed by atoms with Gasteiger partial charge in [-0.05, 0) is 45.4 Å². The van der Waals surface area contributed by atoms with Crippen LogP contribution in [0.25, 0.3) is 0 Å². The molecule has 21 nitrogen and oxygen atoms in total. The maximum absolute atomic E-state index is 14.5. The van der Waals surface area contributed by atoms with Crippen molar-refractivity contribution in [1.29, 1.82) is 0 Å². The summed E-state index contributed by atoms with van der Waals surface area (Å²) in [7, 11) is 1.57. The Hall–Kier alpha value is -3.30. The maximum atomic E-state index is 14.5. The van der Waals surface area contributed by atoms with E-state index in [1.165, 1.54) is 19.9 Å². The van der Waals surface area contributed by atoms with Gasteiger partial charge in [-0.15, -0.1) is 0 Å². The number of rotatable bonds is 9. The Balaban J connectivity index is 1.22. The molecule has 0 aliphatic carbocycles. The number of halogens is 1. The number of esters is 3. The number of aliphatic hydroxyl groups is 7. The minimum Gasteiger partial charge on any atom is -0.462 e. The largest absolute Gasteiger partial charge is 0.462 e. The molecule has 0 aromatic heterocycles. The number of carbonyl (C=O) groups is 4. The minimum absolute atomic E-state index is 0.0122. The molecule has 7 heterocycles. The number of Topliss-reactive ketones (excluding diaryl/α,β-unsaturated/α-hetero) is 1. The van der Waals surface area contributed by atoms with Crippen molar-refractivity contribution >= 4 is 39.6 Å². The topological polar surface area (TPSA) is 302 Å². The predicted octanol–water partition coefficient (Wildman–Crippen LogP) is 6.07. The number of carbonyl (C=O) groups excluding carboxylic acids is 4. The Labute approximate surface area is 508 Å². The van der Waals surface area contributed by atoms with E-state index < -0.39 is 169 Å². The Morgan fingerprint density at radius 3 is 2.15 bits per heavy atom. The summed E-state index contributed by atoms with van der Waals surface area (Å²) in [4.78, 5) is 54.3. The molecule has 7 aliphatic rings. The second kappa shape index (κ2) is 29.1. The van der Waals surface area contributed by atoms with Crippen molar-refractivity contribution < 1.29 is 102 Å². The van der Waals surface area contributed by atoms with Crippen LogP contribution in [-0.4, -0.2) is 187 Å². The molecule has 7 aliphatic heterocycles. The van der Waals surface area contributed by atoms with Gasteiger partial charge in [0.05, 0.1) is 85.1 Å². The SMILES string of the molecule is C=C(Br)/C=C/[C@H](O)CC(=C)C[C@H]1O[C@H]2[C@H](C)[C@@H](OC(=O)C[C@@H]3C[C@@H](OC(C)=O)C[C@]4(C[C@](C)(O)C[C@@H](CC(=C)[C@H](C)[C@H](OC(C)=O)[C@@H](C)C(=O)C[C@@H]5C[C@H](OC)C[C@@]6(C[C@H](O)C[C@@H](/C=C\CCC[C@H]7O[C@](O)(C[C@H](O)[C@H]7C)[C@@H]2O)O6)O5)O4)O3)[C@@H]1O. The van der Waals surface area contributed by atoms with E-state index in [4.69, 9.17) is 47.4 Å². The van der Waals surface area contributed by atoms with Gasteiger partial charge in [0.1, 0.15) is 36.3 Å². The highest BCUT2D eigenvalue weighted by Crippen LogP contribution is 2.48.